The molecule has 0 amide bonds. The third-order valence-corrected chi connectivity index (χ3v) is 3.93. The Kier molecular flexibility index (Phi) is 3.50. The maximum Gasteiger partial charge on any atom is 0.175 e. The Hall–Kier alpha value is -1.65. The Balaban J connectivity index is 2.56. The van der Waals surface area contributed by atoms with Gasteiger partial charge in [0.25, 0.3) is 0 Å². The molecule has 2 aromatic rings. The first-order chi connectivity index (χ1) is 8.52. The predicted molar refractivity (Wildman–Crippen MR) is 70.9 cm³/mol. The number of aliphatic hydroxyl groups is 1. The number of hydrogen-bond donors (Lipinski definition) is 1. The van der Waals surface area contributed by atoms with Crippen LogP contribution < -0.4 is 0 Å². The van der Waals surface area contributed by atoms with E-state index in [1.807, 2.05) is 30.3 Å². The fraction of sp³-hybridized carbons (Fsp3) is 0.143. The van der Waals surface area contributed by atoms with E-state index in [4.69, 9.17) is 0 Å². The molecule has 0 aliphatic carbocycles. The largest absolute Gasteiger partial charge is 0.392 e. The van der Waals surface area contributed by atoms with Crippen LogP contribution in [0.2, 0.25) is 0 Å². The van der Waals surface area contributed by atoms with E-state index in [1.165, 1.54) is 0 Å². The molecule has 4 heteroatoms. The first-order valence-corrected chi connectivity index (χ1v) is 7.41. The van der Waals surface area contributed by atoms with E-state index in [9.17, 15) is 13.5 Å². The maximum absolute atomic E-state index is 11.5. The fourth-order valence-corrected chi connectivity index (χ4v) is 2.79. The van der Waals surface area contributed by atoms with Gasteiger partial charge < -0.3 is 5.11 Å². The van der Waals surface area contributed by atoms with Gasteiger partial charge in [0.05, 0.1) is 11.5 Å². The standard InChI is InChI=1S/C14H14O3S/c1-18(16,17)14-8-7-12(9-13(14)10-15)11-5-3-2-4-6-11/h2-9,15H,10H2,1H3. The molecule has 0 bridgehead atoms. The molecular weight excluding hydrogens is 248 g/mol. The zero-order valence-corrected chi connectivity index (χ0v) is 10.8. The van der Waals surface area contributed by atoms with Gasteiger partial charge in [0.15, 0.2) is 9.84 Å². The molecule has 0 radical (unpaired) electrons. The van der Waals surface area contributed by atoms with Crippen LogP contribution in [-0.2, 0) is 16.4 Å². The summed E-state index contributed by atoms with van der Waals surface area (Å²) in [5, 5.41) is 9.29. The Morgan fingerprint density at radius 3 is 2.22 bits per heavy atom. The van der Waals surface area contributed by atoms with Crippen molar-refractivity contribution >= 4 is 9.84 Å². The molecule has 0 heterocycles. The lowest BCUT2D eigenvalue weighted by Gasteiger charge is -2.08. The van der Waals surface area contributed by atoms with Gasteiger partial charge in [-0.2, -0.15) is 0 Å². The Morgan fingerprint density at radius 2 is 1.67 bits per heavy atom. The van der Waals surface area contributed by atoms with Gasteiger partial charge in [0.2, 0.25) is 0 Å². The minimum atomic E-state index is -3.30. The average molecular weight is 262 g/mol. The lowest BCUT2D eigenvalue weighted by atomic mass is 10.0. The van der Waals surface area contributed by atoms with E-state index in [0.29, 0.717) is 5.56 Å². The highest BCUT2D eigenvalue weighted by molar-refractivity contribution is 7.90. The smallest absolute Gasteiger partial charge is 0.175 e. The molecule has 0 saturated heterocycles. The summed E-state index contributed by atoms with van der Waals surface area (Å²) < 4.78 is 23.1. The molecule has 94 valence electrons. The minimum absolute atomic E-state index is 0.185. The van der Waals surface area contributed by atoms with Crippen molar-refractivity contribution in [1.82, 2.24) is 0 Å². The average Bonchev–Trinajstić information content (AvgIpc) is 2.38. The summed E-state index contributed by atoms with van der Waals surface area (Å²) in [5.74, 6) is 0. The monoisotopic (exact) mass is 262 g/mol. The van der Waals surface area contributed by atoms with E-state index in [0.717, 1.165) is 17.4 Å². The second-order valence-corrected chi connectivity index (χ2v) is 6.10. The Bertz CT molecular complexity index is 646. The summed E-state index contributed by atoms with van der Waals surface area (Å²) in [4.78, 5) is 0.185. The zero-order chi connectivity index (χ0) is 13.2. The first-order valence-electron chi connectivity index (χ1n) is 5.51. The molecule has 3 nitrogen and oxygen atoms in total. The third kappa shape index (κ3) is 2.60. The van der Waals surface area contributed by atoms with Crippen LogP contribution in [0.25, 0.3) is 11.1 Å². The van der Waals surface area contributed by atoms with Crippen LogP contribution in [0.3, 0.4) is 0 Å². The zero-order valence-electron chi connectivity index (χ0n) is 10.00. The molecule has 0 aromatic heterocycles. The van der Waals surface area contributed by atoms with Crippen molar-refractivity contribution in [2.45, 2.75) is 11.5 Å². The first kappa shape index (κ1) is 12.8. The molecule has 0 unspecified atom stereocenters. The van der Waals surface area contributed by atoms with Crippen molar-refractivity contribution < 1.29 is 13.5 Å². The summed E-state index contributed by atoms with van der Waals surface area (Å²) in [6.45, 7) is -0.289. The number of rotatable bonds is 3. The maximum atomic E-state index is 11.5. The Labute approximate surface area is 107 Å². The molecule has 18 heavy (non-hydrogen) atoms. The predicted octanol–water partition coefficient (Wildman–Crippen LogP) is 2.25. The van der Waals surface area contributed by atoms with Gasteiger partial charge in [-0.25, -0.2) is 8.42 Å². The molecule has 0 aliphatic heterocycles. The topological polar surface area (TPSA) is 54.4 Å². The molecule has 0 saturated carbocycles. The van der Waals surface area contributed by atoms with Gasteiger partial charge in [0, 0.05) is 6.26 Å². The minimum Gasteiger partial charge on any atom is -0.392 e. The van der Waals surface area contributed by atoms with E-state index in [-0.39, 0.29) is 11.5 Å². The quantitative estimate of drug-likeness (QED) is 0.923. The van der Waals surface area contributed by atoms with Crippen LogP contribution >= 0.6 is 0 Å². The summed E-state index contributed by atoms with van der Waals surface area (Å²) in [5.41, 5.74) is 2.32. The van der Waals surface area contributed by atoms with Crippen LogP contribution in [-0.4, -0.2) is 19.8 Å². The van der Waals surface area contributed by atoms with Crippen molar-refractivity contribution in [3.63, 3.8) is 0 Å². The summed E-state index contributed by atoms with van der Waals surface area (Å²) in [6, 6.07) is 14.6. The molecule has 0 fully saturated rings. The fourth-order valence-electron chi connectivity index (χ4n) is 1.87. The Morgan fingerprint density at radius 1 is 1.00 bits per heavy atom. The number of benzene rings is 2. The molecule has 0 spiro atoms. The summed E-state index contributed by atoms with van der Waals surface area (Å²) >= 11 is 0. The number of aliphatic hydroxyl groups excluding tert-OH is 1. The van der Waals surface area contributed by atoms with Gasteiger partial charge >= 0.3 is 0 Å². The van der Waals surface area contributed by atoms with Crippen LogP contribution in [0.15, 0.2) is 53.4 Å². The van der Waals surface area contributed by atoms with Crippen molar-refractivity contribution in [2.24, 2.45) is 0 Å². The second kappa shape index (κ2) is 4.92. The van der Waals surface area contributed by atoms with E-state index >= 15 is 0 Å². The summed E-state index contributed by atoms with van der Waals surface area (Å²) in [7, 11) is -3.30. The van der Waals surface area contributed by atoms with Gasteiger partial charge in [-0.1, -0.05) is 36.4 Å². The van der Waals surface area contributed by atoms with Gasteiger partial charge in [-0.3, -0.25) is 0 Å². The third-order valence-electron chi connectivity index (χ3n) is 2.74. The highest BCUT2D eigenvalue weighted by Crippen LogP contribution is 2.24. The second-order valence-electron chi connectivity index (χ2n) is 4.12. The molecule has 2 aromatic carbocycles. The normalized spacial score (nSPS) is 11.4. The summed E-state index contributed by atoms with van der Waals surface area (Å²) in [6.07, 6.45) is 1.14. The van der Waals surface area contributed by atoms with Crippen LogP contribution in [0.1, 0.15) is 5.56 Å². The lowest BCUT2D eigenvalue weighted by Crippen LogP contribution is -2.02. The molecule has 2 rings (SSSR count). The molecule has 0 atom stereocenters. The number of hydrogen-bond acceptors (Lipinski definition) is 3. The SMILES string of the molecule is CS(=O)(=O)c1ccc(-c2ccccc2)cc1CO. The van der Waals surface area contributed by atoms with Crippen molar-refractivity contribution in [2.75, 3.05) is 6.26 Å². The van der Waals surface area contributed by atoms with Crippen molar-refractivity contribution in [3.05, 3.63) is 54.1 Å². The van der Waals surface area contributed by atoms with Crippen LogP contribution in [0, 0.1) is 0 Å². The molecule has 0 aliphatic rings. The van der Waals surface area contributed by atoms with Crippen molar-refractivity contribution in [3.8, 4) is 11.1 Å². The number of sulfone groups is 1. The molecular formula is C14H14O3S. The van der Waals surface area contributed by atoms with E-state index in [2.05, 4.69) is 0 Å². The van der Waals surface area contributed by atoms with E-state index < -0.39 is 9.84 Å². The van der Waals surface area contributed by atoms with E-state index in [1.54, 1.807) is 18.2 Å². The van der Waals surface area contributed by atoms with Gasteiger partial charge in [0.1, 0.15) is 0 Å². The van der Waals surface area contributed by atoms with Crippen molar-refractivity contribution in [1.29, 1.82) is 0 Å². The van der Waals surface area contributed by atoms with Gasteiger partial charge in [-0.05, 0) is 28.8 Å². The lowest BCUT2D eigenvalue weighted by molar-refractivity contribution is 0.278. The van der Waals surface area contributed by atoms with Gasteiger partial charge in [-0.15, -0.1) is 0 Å². The van der Waals surface area contributed by atoms with Crippen LogP contribution in [0.4, 0.5) is 0 Å². The highest BCUT2D eigenvalue weighted by Gasteiger charge is 2.13. The van der Waals surface area contributed by atoms with Crippen LogP contribution in [0.5, 0.6) is 0 Å². The highest BCUT2D eigenvalue weighted by atomic mass is 32.2. The molecule has 1 N–H and O–H groups in total.